The minimum atomic E-state index is -0.0511. The van der Waals surface area contributed by atoms with E-state index in [4.69, 9.17) is 0 Å². The van der Waals surface area contributed by atoms with Crippen molar-refractivity contribution in [2.45, 2.75) is 45.7 Å². The van der Waals surface area contributed by atoms with E-state index in [1.54, 1.807) is 6.07 Å². The highest BCUT2D eigenvalue weighted by Gasteiger charge is 2.06. The van der Waals surface area contributed by atoms with Gasteiger partial charge in [0.2, 0.25) is 0 Å². The van der Waals surface area contributed by atoms with Crippen LogP contribution in [0.5, 0.6) is 0 Å². The summed E-state index contributed by atoms with van der Waals surface area (Å²) < 4.78 is 1.47. The van der Waals surface area contributed by atoms with Gasteiger partial charge in [-0.3, -0.25) is 4.79 Å². The molecule has 0 spiro atoms. The van der Waals surface area contributed by atoms with E-state index in [-0.39, 0.29) is 5.56 Å². The molecule has 5 nitrogen and oxygen atoms in total. The Morgan fingerprint density at radius 2 is 2.15 bits per heavy atom. The molecule has 0 aliphatic heterocycles. The highest BCUT2D eigenvalue weighted by Crippen LogP contribution is 2.04. The molecule has 2 aromatic rings. The van der Waals surface area contributed by atoms with E-state index in [1.807, 2.05) is 18.2 Å². The van der Waals surface area contributed by atoms with Gasteiger partial charge in [0.25, 0.3) is 5.56 Å². The second-order valence-corrected chi connectivity index (χ2v) is 5.13. The molecule has 1 atom stereocenters. The number of nitrogens with zero attached hydrogens (tertiary/aromatic N) is 3. The molecule has 1 heterocycles. The quantitative estimate of drug-likeness (QED) is 0.838. The van der Waals surface area contributed by atoms with Crippen LogP contribution in [-0.2, 0) is 6.54 Å². The Labute approximate surface area is 119 Å². The third-order valence-corrected chi connectivity index (χ3v) is 3.38. The van der Waals surface area contributed by atoms with Crippen LogP contribution in [-0.4, -0.2) is 27.6 Å². The normalized spacial score (nSPS) is 12.7. The predicted octanol–water partition coefficient (Wildman–Crippen LogP) is 1.96. The Morgan fingerprint density at radius 3 is 2.95 bits per heavy atom. The van der Waals surface area contributed by atoms with E-state index >= 15 is 0 Å². The largest absolute Gasteiger partial charge is 0.314 e. The summed E-state index contributed by atoms with van der Waals surface area (Å²) in [6.07, 6.45) is 3.09. The van der Waals surface area contributed by atoms with E-state index < -0.39 is 0 Å². The standard InChI is InChI=1S/C15H22N4O/c1-3-10-16-12(2)7-6-11-19-15(20)13-8-4-5-9-14(13)17-18-19/h4-5,8-9,12,16H,3,6-7,10-11H2,1-2H3. The maximum absolute atomic E-state index is 12.2. The first-order valence-corrected chi connectivity index (χ1v) is 7.28. The topological polar surface area (TPSA) is 59.8 Å². The van der Waals surface area contributed by atoms with Gasteiger partial charge in [-0.05, 0) is 44.9 Å². The van der Waals surface area contributed by atoms with Crippen molar-refractivity contribution in [2.24, 2.45) is 0 Å². The van der Waals surface area contributed by atoms with E-state index in [1.165, 1.54) is 4.68 Å². The first-order chi connectivity index (χ1) is 9.72. The summed E-state index contributed by atoms with van der Waals surface area (Å²) in [6, 6.07) is 7.80. The summed E-state index contributed by atoms with van der Waals surface area (Å²) in [7, 11) is 0. The van der Waals surface area contributed by atoms with Crippen molar-refractivity contribution >= 4 is 10.9 Å². The Kier molecular flexibility index (Phi) is 5.24. The molecular weight excluding hydrogens is 252 g/mol. The maximum Gasteiger partial charge on any atom is 0.277 e. The van der Waals surface area contributed by atoms with Gasteiger partial charge < -0.3 is 5.32 Å². The van der Waals surface area contributed by atoms with E-state index in [0.29, 0.717) is 23.5 Å². The fourth-order valence-electron chi connectivity index (χ4n) is 2.21. The van der Waals surface area contributed by atoms with Crippen LogP contribution in [0.15, 0.2) is 29.1 Å². The molecule has 0 fully saturated rings. The van der Waals surface area contributed by atoms with E-state index in [0.717, 1.165) is 25.8 Å². The molecule has 0 bridgehead atoms. The molecule has 1 aromatic heterocycles. The Morgan fingerprint density at radius 1 is 1.35 bits per heavy atom. The number of aryl methyl sites for hydroxylation is 1. The molecule has 108 valence electrons. The van der Waals surface area contributed by atoms with Crippen molar-refractivity contribution in [3.63, 3.8) is 0 Å². The van der Waals surface area contributed by atoms with Gasteiger partial charge in [0.15, 0.2) is 0 Å². The summed E-state index contributed by atoms with van der Waals surface area (Å²) in [4.78, 5) is 12.2. The molecule has 1 unspecified atom stereocenters. The SMILES string of the molecule is CCCNC(C)CCCn1nnc2ccccc2c1=O. The van der Waals surface area contributed by atoms with Gasteiger partial charge in [-0.15, -0.1) is 5.10 Å². The van der Waals surface area contributed by atoms with Gasteiger partial charge in [0.05, 0.1) is 5.39 Å². The number of hydrogen-bond donors (Lipinski definition) is 1. The van der Waals surface area contributed by atoms with Gasteiger partial charge in [-0.25, -0.2) is 4.68 Å². The summed E-state index contributed by atoms with van der Waals surface area (Å²) >= 11 is 0. The zero-order chi connectivity index (χ0) is 14.4. The maximum atomic E-state index is 12.2. The van der Waals surface area contributed by atoms with Gasteiger partial charge in [0.1, 0.15) is 5.52 Å². The van der Waals surface area contributed by atoms with Gasteiger partial charge in [-0.1, -0.05) is 24.3 Å². The van der Waals surface area contributed by atoms with Crippen LogP contribution in [0.3, 0.4) is 0 Å². The summed E-state index contributed by atoms with van der Waals surface area (Å²) in [5.41, 5.74) is 0.608. The number of hydrogen-bond acceptors (Lipinski definition) is 4. The smallest absolute Gasteiger partial charge is 0.277 e. The summed E-state index contributed by atoms with van der Waals surface area (Å²) in [5, 5.41) is 12.2. The van der Waals surface area contributed by atoms with Crippen molar-refractivity contribution in [3.8, 4) is 0 Å². The zero-order valence-electron chi connectivity index (χ0n) is 12.2. The van der Waals surface area contributed by atoms with Crippen molar-refractivity contribution < 1.29 is 0 Å². The molecular formula is C15H22N4O. The summed E-state index contributed by atoms with van der Waals surface area (Å²) in [6.45, 7) is 5.99. The van der Waals surface area contributed by atoms with Crippen LogP contribution in [0.1, 0.15) is 33.1 Å². The second kappa shape index (κ2) is 7.14. The van der Waals surface area contributed by atoms with Crippen molar-refractivity contribution in [2.75, 3.05) is 6.54 Å². The third-order valence-electron chi connectivity index (χ3n) is 3.38. The molecule has 1 aromatic carbocycles. The molecule has 0 aliphatic rings. The Bertz CT molecular complexity index is 608. The van der Waals surface area contributed by atoms with Gasteiger partial charge in [0, 0.05) is 12.6 Å². The number of rotatable bonds is 7. The number of nitrogens with one attached hydrogen (secondary N) is 1. The number of aromatic nitrogens is 3. The lowest BCUT2D eigenvalue weighted by atomic mass is 10.2. The Balaban J connectivity index is 1.97. The van der Waals surface area contributed by atoms with Crippen LogP contribution < -0.4 is 10.9 Å². The number of fused-ring (bicyclic) bond motifs is 1. The zero-order valence-corrected chi connectivity index (χ0v) is 12.2. The lowest BCUT2D eigenvalue weighted by Crippen LogP contribution is -2.28. The Hall–Kier alpha value is -1.75. The van der Waals surface area contributed by atoms with Crippen LogP contribution in [0.2, 0.25) is 0 Å². The van der Waals surface area contributed by atoms with Gasteiger partial charge in [-0.2, -0.15) is 0 Å². The van der Waals surface area contributed by atoms with E-state index in [2.05, 4.69) is 29.5 Å². The molecule has 0 saturated heterocycles. The molecule has 0 aliphatic carbocycles. The highest BCUT2D eigenvalue weighted by atomic mass is 16.1. The van der Waals surface area contributed by atoms with Crippen molar-refractivity contribution in [3.05, 3.63) is 34.6 Å². The lowest BCUT2D eigenvalue weighted by Gasteiger charge is -2.12. The average Bonchev–Trinajstić information content (AvgIpc) is 2.48. The van der Waals surface area contributed by atoms with Crippen LogP contribution >= 0.6 is 0 Å². The molecule has 2 rings (SSSR count). The van der Waals surface area contributed by atoms with Crippen LogP contribution in [0.4, 0.5) is 0 Å². The average molecular weight is 274 g/mol. The highest BCUT2D eigenvalue weighted by molar-refractivity contribution is 5.76. The molecule has 1 N–H and O–H groups in total. The molecule has 20 heavy (non-hydrogen) atoms. The minimum absolute atomic E-state index is 0.0511. The molecule has 0 saturated carbocycles. The first kappa shape index (κ1) is 14.7. The van der Waals surface area contributed by atoms with Crippen molar-refractivity contribution in [1.82, 2.24) is 20.3 Å². The fourth-order valence-corrected chi connectivity index (χ4v) is 2.21. The predicted molar refractivity (Wildman–Crippen MR) is 80.8 cm³/mol. The monoisotopic (exact) mass is 274 g/mol. The molecule has 0 amide bonds. The second-order valence-electron chi connectivity index (χ2n) is 5.13. The van der Waals surface area contributed by atoms with Crippen LogP contribution in [0.25, 0.3) is 10.9 Å². The number of benzene rings is 1. The third kappa shape index (κ3) is 3.63. The molecule has 5 heteroatoms. The van der Waals surface area contributed by atoms with E-state index in [9.17, 15) is 4.79 Å². The van der Waals surface area contributed by atoms with Gasteiger partial charge >= 0.3 is 0 Å². The van der Waals surface area contributed by atoms with Crippen molar-refractivity contribution in [1.29, 1.82) is 0 Å². The first-order valence-electron chi connectivity index (χ1n) is 7.28. The lowest BCUT2D eigenvalue weighted by molar-refractivity contribution is 0.449. The fraction of sp³-hybridized carbons (Fsp3) is 0.533. The molecule has 0 radical (unpaired) electrons. The summed E-state index contributed by atoms with van der Waals surface area (Å²) in [5.74, 6) is 0. The van der Waals surface area contributed by atoms with Crippen LogP contribution in [0, 0.1) is 0 Å². The minimum Gasteiger partial charge on any atom is -0.314 e.